The fraction of sp³-hybridized carbons (Fsp3) is 0.0357. The maximum Gasteiger partial charge on any atom is 0.335 e. The van der Waals surface area contributed by atoms with E-state index >= 15 is 0 Å². The van der Waals surface area contributed by atoms with Gasteiger partial charge < -0.3 is 0 Å². The van der Waals surface area contributed by atoms with Gasteiger partial charge in [-0.3, -0.25) is 14.9 Å². The number of rotatable bonds is 4. The number of fused-ring (bicyclic) bond motifs is 1. The van der Waals surface area contributed by atoms with Crippen LogP contribution in [-0.2, 0) is 16.0 Å². The summed E-state index contributed by atoms with van der Waals surface area (Å²) in [5, 5.41) is 3.98. The van der Waals surface area contributed by atoms with Crippen molar-refractivity contribution in [2.45, 2.75) is 6.42 Å². The van der Waals surface area contributed by atoms with Crippen LogP contribution in [0.5, 0.6) is 0 Å². The van der Waals surface area contributed by atoms with Crippen molar-refractivity contribution < 1.29 is 18.8 Å². The SMILES string of the molecule is O=C1NC(=O)N(c2ccccc2)C(=O)/C1=C/c1c(Cc2ccccc2F)ccc2ccccc12. The lowest BCUT2D eigenvalue weighted by Gasteiger charge is -2.26. The predicted octanol–water partition coefficient (Wildman–Crippen LogP) is 5.24. The Labute approximate surface area is 195 Å². The highest BCUT2D eigenvalue weighted by Crippen LogP contribution is 2.29. The molecule has 34 heavy (non-hydrogen) atoms. The average molecular weight is 450 g/mol. The number of nitrogens with zero attached hydrogens (tertiary/aromatic N) is 1. The van der Waals surface area contributed by atoms with Crippen LogP contribution in [0, 0.1) is 5.82 Å². The first-order valence-electron chi connectivity index (χ1n) is 10.7. The lowest BCUT2D eigenvalue weighted by Crippen LogP contribution is -2.54. The molecular formula is C28H19FN2O3. The Balaban J connectivity index is 1.66. The summed E-state index contributed by atoms with van der Waals surface area (Å²) in [6.07, 6.45) is 1.77. The quantitative estimate of drug-likeness (QED) is 0.342. The van der Waals surface area contributed by atoms with Gasteiger partial charge >= 0.3 is 6.03 Å². The van der Waals surface area contributed by atoms with Gasteiger partial charge in [0.2, 0.25) is 0 Å². The van der Waals surface area contributed by atoms with Gasteiger partial charge in [-0.1, -0.05) is 72.8 Å². The minimum Gasteiger partial charge on any atom is -0.273 e. The maximum absolute atomic E-state index is 14.4. The Kier molecular flexibility index (Phi) is 5.47. The summed E-state index contributed by atoms with van der Waals surface area (Å²) in [5.74, 6) is -1.82. The second-order valence-corrected chi connectivity index (χ2v) is 7.92. The molecule has 1 aliphatic heterocycles. The molecule has 1 aliphatic rings. The number of barbiturate groups is 1. The van der Waals surface area contributed by atoms with Gasteiger partial charge in [-0.15, -0.1) is 0 Å². The van der Waals surface area contributed by atoms with Gasteiger partial charge in [-0.05, 0) is 51.7 Å². The molecule has 1 saturated heterocycles. The second-order valence-electron chi connectivity index (χ2n) is 7.92. The third-order valence-electron chi connectivity index (χ3n) is 5.80. The van der Waals surface area contributed by atoms with Crippen molar-refractivity contribution in [2.24, 2.45) is 0 Å². The molecule has 6 heteroatoms. The molecule has 0 atom stereocenters. The molecule has 1 heterocycles. The first-order chi connectivity index (χ1) is 16.5. The highest BCUT2D eigenvalue weighted by Gasteiger charge is 2.37. The number of carbonyl (C=O) groups excluding carboxylic acids is 3. The zero-order chi connectivity index (χ0) is 23.7. The fourth-order valence-electron chi connectivity index (χ4n) is 4.13. The first-order valence-corrected chi connectivity index (χ1v) is 10.7. The van der Waals surface area contributed by atoms with Crippen molar-refractivity contribution in [2.75, 3.05) is 4.90 Å². The monoisotopic (exact) mass is 450 g/mol. The van der Waals surface area contributed by atoms with E-state index in [4.69, 9.17) is 0 Å². The smallest absolute Gasteiger partial charge is 0.273 e. The number of nitrogens with one attached hydrogen (secondary N) is 1. The summed E-state index contributed by atoms with van der Waals surface area (Å²) in [4.78, 5) is 39.5. The third-order valence-corrected chi connectivity index (χ3v) is 5.80. The molecule has 166 valence electrons. The molecule has 5 nitrogen and oxygen atoms in total. The predicted molar refractivity (Wildman–Crippen MR) is 129 cm³/mol. The van der Waals surface area contributed by atoms with E-state index < -0.39 is 17.8 Å². The van der Waals surface area contributed by atoms with Crippen molar-refractivity contribution in [3.63, 3.8) is 0 Å². The molecule has 4 aromatic rings. The molecule has 0 unspecified atom stereocenters. The maximum atomic E-state index is 14.4. The molecule has 4 amide bonds. The molecule has 0 radical (unpaired) electrons. The number of hydrogen-bond acceptors (Lipinski definition) is 3. The van der Waals surface area contributed by atoms with Gasteiger partial charge in [-0.25, -0.2) is 14.1 Å². The summed E-state index contributed by atoms with van der Waals surface area (Å²) in [6, 6.07) is 25.5. The van der Waals surface area contributed by atoms with Crippen LogP contribution in [0.4, 0.5) is 14.9 Å². The molecule has 1 N–H and O–H groups in total. The zero-order valence-corrected chi connectivity index (χ0v) is 18.0. The molecule has 5 rings (SSSR count). The van der Waals surface area contributed by atoms with Gasteiger partial charge in [0, 0.05) is 6.42 Å². The molecule has 0 bridgehead atoms. The Bertz CT molecular complexity index is 1480. The fourth-order valence-corrected chi connectivity index (χ4v) is 4.13. The van der Waals surface area contributed by atoms with Crippen molar-refractivity contribution in [1.82, 2.24) is 5.32 Å². The Morgan fingerprint density at radius 3 is 2.26 bits per heavy atom. The average Bonchev–Trinajstić information content (AvgIpc) is 2.84. The highest BCUT2D eigenvalue weighted by molar-refractivity contribution is 6.39. The van der Waals surface area contributed by atoms with E-state index in [9.17, 15) is 18.8 Å². The van der Waals surface area contributed by atoms with E-state index in [-0.39, 0.29) is 17.8 Å². The minimum absolute atomic E-state index is 0.172. The number of urea groups is 1. The lowest BCUT2D eigenvalue weighted by molar-refractivity contribution is -0.122. The van der Waals surface area contributed by atoms with Crippen LogP contribution >= 0.6 is 0 Å². The van der Waals surface area contributed by atoms with E-state index in [1.165, 1.54) is 12.1 Å². The van der Waals surface area contributed by atoms with Crippen molar-refractivity contribution in [1.29, 1.82) is 0 Å². The van der Waals surface area contributed by atoms with Crippen LogP contribution in [0.1, 0.15) is 16.7 Å². The summed E-state index contributed by atoms with van der Waals surface area (Å²) in [6.45, 7) is 0. The van der Waals surface area contributed by atoms with Crippen molar-refractivity contribution in [3.8, 4) is 0 Å². The first kappa shape index (κ1) is 21.3. The molecule has 0 aliphatic carbocycles. The largest absolute Gasteiger partial charge is 0.335 e. The van der Waals surface area contributed by atoms with Crippen LogP contribution in [0.3, 0.4) is 0 Å². The number of halogens is 1. The molecule has 1 fully saturated rings. The van der Waals surface area contributed by atoms with Gasteiger partial charge in [0.25, 0.3) is 11.8 Å². The Morgan fingerprint density at radius 2 is 1.47 bits per heavy atom. The lowest BCUT2D eigenvalue weighted by atomic mass is 9.92. The normalized spacial score (nSPS) is 15.1. The molecule has 0 saturated carbocycles. The van der Waals surface area contributed by atoms with E-state index in [2.05, 4.69) is 5.32 Å². The summed E-state index contributed by atoms with van der Waals surface area (Å²) in [7, 11) is 0. The van der Waals surface area contributed by atoms with Crippen LogP contribution in [0.15, 0.2) is 96.6 Å². The van der Waals surface area contributed by atoms with Crippen LogP contribution in [0.2, 0.25) is 0 Å². The van der Waals surface area contributed by atoms with Gasteiger partial charge in [-0.2, -0.15) is 0 Å². The summed E-state index contributed by atoms with van der Waals surface area (Å²) in [5.41, 5.74) is 2.06. The van der Waals surface area contributed by atoms with E-state index in [0.29, 0.717) is 16.8 Å². The van der Waals surface area contributed by atoms with E-state index in [1.54, 1.807) is 48.5 Å². The van der Waals surface area contributed by atoms with Crippen LogP contribution in [0.25, 0.3) is 16.8 Å². The Hall–Kier alpha value is -4.58. The molecule has 4 aromatic carbocycles. The van der Waals surface area contributed by atoms with E-state index in [0.717, 1.165) is 21.2 Å². The number of benzene rings is 4. The number of carbonyl (C=O) groups is 3. The number of anilines is 1. The molecule has 0 aromatic heterocycles. The topological polar surface area (TPSA) is 66.5 Å². The number of amides is 4. The van der Waals surface area contributed by atoms with Crippen LogP contribution < -0.4 is 10.2 Å². The third kappa shape index (κ3) is 3.86. The Morgan fingerprint density at radius 1 is 0.765 bits per heavy atom. The van der Waals surface area contributed by atoms with Crippen molar-refractivity contribution in [3.05, 3.63) is 119 Å². The van der Waals surface area contributed by atoms with Crippen LogP contribution in [-0.4, -0.2) is 17.8 Å². The minimum atomic E-state index is -0.803. The summed E-state index contributed by atoms with van der Waals surface area (Å²) < 4.78 is 14.4. The van der Waals surface area contributed by atoms with Gasteiger partial charge in [0.1, 0.15) is 11.4 Å². The standard InChI is InChI=1S/C28H19FN2O3/c29-25-13-7-5-9-20(25)16-19-15-14-18-8-4-6-12-22(18)23(19)17-24-26(32)30-28(34)31(27(24)33)21-10-2-1-3-11-21/h1-15,17H,16H2,(H,30,32,34)/b24-17+. The molecular weight excluding hydrogens is 431 g/mol. The number of para-hydroxylation sites is 1. The molecule has 0 spiro atoms. The van der Waals surface area contributed by atoms with Gasteiger partial charge in [0.05, 0.1) is 5.69 Å². The highest BCUT2D eigenvalue weighted by atomic mass is 19.1. The zero-order valence-electron chi connectivity index (χ0n) is 18.0. The number of imide groups is 2. The van der Waals surface area contributed by atoms with E-state index in [1.807, 2.05) is 36.4 Å². The summed E-state index contributed by atoms with van der Waals surface area (Å²) >= 11 is 0. The van der Waals surface area contributed by atoms with Gasteiger partial charge in [0.15, 0.2) is 0 Å². The number of hydrogen-bond donors (Lipinski definition) is 1. The second kappa shape index (κ2) is 8.75. The van der Waals surface area contributed by atoms with Crippen molar-refractivity contribution >= 4 is 40.4 Å².